The fraction of sp³-hybridized carbons (Fsp3) is 0.571. The van der Waals surface area contributed by atoms with Crippen LogP contribution in [0.1, 0.15) is 63.8 Å². The minimum Gasteiger partial charge on any atom is -0.492 e. The molecule has 2 heterocycles. The first-order chi connectivity index (χ1) is 12.7. The second-order valence-corrected chi connectivity index (χ2v) is 7.96. The van der Waals surface area contributed by atoms with E-state index in [9.17, 15) is 15.0 Å². The van der Waals surface area contributed by atoms with Crippen LogP contribution in [0, 0.1) is 0 Å². The van der Waals surface area contributed by atoms with Crippen molar-refractivity contribution in [1.82, 2.24) is 0 Å². The van der Waals surface area contributed by atoms with E-state index in [1.54, 1.807) is 13.8 Å². The highest BCUT2D eigenvalue weighted by molar-refractivity contribution is 5.91. The van der Waals surface area contributed by atoms with Crippen LogP contribution in [0.5, 0.6) is 11.5 Å². The topological polar surface area (TPSA) is 89.1 Å². The zero-order valence-electron chi connectivity index (χ0n) is 16.6. The molecule has 0 amide bonds. The Kier molecular flexibility index (Phi) is 5.23. The number of rotatable bonds is 6. The zero-order valence-corrected chi connectivity index (χ0v) is 16.6. The summed E-state index contributed by atoms with van der Waals surface area (Å²) >= 11 is 0. The van der Waals surface area contributed by atoms with Crippen molar-refractivity contribution in [2.45, 2.75) is 71.7 Å². The molecule has 0 radical (unpaired) electrons. The molecule has 2 N–H and O–H groups in total. The molecule has 0 spiro atoms. The summed E-state index contributed by atoms with van der Waals surface area (Å²) in [5, 5.41) is 20.3. The molecule has 6 heteroatoms. The number of fused-ring (bicyclic) bond motifs is 2. The number of hydrogen-bond donors (Lipinski definition) is 2. The third kappa shape index (κ3) is 3.44. The molecule has 148 valence electrons. The van der Waals surface area contributed by atoms with Crippen LogP contribution < -0.4 is 14.9 Å². The fourth-order valence-electron chi connectivity index (χ4n) is 3.52. The molecule has 1 aliphatic rings. The Morgan fingerprint density at radius 1 is 1.37 bits per heavy atom. The molecule has 1 aliphatic heterocycles. The normalized spacial score (nSPS) is 16.7. The lowest BCUT2D eigenvalue weighted by Gasteiger charge is -2.25. The van der Waals surface area contributed by atoms with Crippen LogP contribution in [0.4, 0.5) is 0 Å². The highest BCUT2D eigenvalue weighted by Gasteiger charge is 2.40. The summed E-state index contributed by atoms with van der Waals surface area (Å²) in [6.45, 7) is 9.49. The average molecular weight is 376 g/mol. The van der Waals surface area contributed by atoms with Crippen molar-refractivity contribution in [3.8, 4) is 11.5 Å². The van der Waals surface area contributed by atoms with Crippen LogP contribution in [0.25, 0.3) is 11.0 Å². The van der Waals surface area contributed by atoms with E-state index in [1.807, 2.05) is 20.8 Å². The van der Waals surface area contributed by atoms with Gasteiger partial charge in [0.2, 0.25) is 0 Å². The maximum atomic E-state index is 12.9. The standard InChI is InChI=1S/C21H28O6/c1-6-7-25-18-13-9-15(21(4,5)24)27-19(13)16(11(2)3)20-17(18)14(23)8-12(10-22)26-20/h8,11,15,22,24H,6-7,9-10H2,1-5H3. The molecule has 1 aromatic heterocycles. The second-order valence-electron chi connectivity index (χ2n) is 7.96. The largest absolute Gasteiger partial charge is 0.492 e. The van der Waals surface area contributed by atoms with Crippen molar-refractivity contribution in [2.24, 2.45) is 0 Å². The van der Waals surface area contributed by atoms with E-state index in [-0.39, 0.29) is 23.7 Å². The Hall–Kier alpha value is -2.05. The molecule has 0 saturated heterocycles. The van der Waals surface area contributed by atoms with E-state index < -0.39 is 11.7 Å². The van der Waals surface area contributed by atoms with Crippen LogP contribution in [0.15, 0.2) is 15.3 Å². The molecule has 0 saturated carbocycles. The van der Waals surface area contributed by atoms with Gasteiger partial charge >= 0.3 is 0 Å². The van der Waals surface area contributed by atoms with Crippen molar-refractivity contribution in [1.29, 1.82) is 0 Å². The van der Waals surface area contributed by atoms with Crippen molar-refractivity contribution in [3.05, 3.63) is 33.2 Å². The summed E-state index contributed by atoms with van der Waals surface area (Å²) < 4.78 is 18.0. The molecule has 0 aliphatic carbocycles. The van der Waals surface area contributed by atoms with E-state index in [0.717, 1.165) is 17.5 Å². The van der Waals surface area contributed by atoms with E-state index in [2.05, 4.69) is 0 Å². The summed E-state index contributed by atoms with van der Waals surface area (Å²) in [5.74, 6) is 1.30. The maximum Gasteiger partial charge on any atom is 0.196 e. The van der Waals surface area contributed by atoms with Crippen LogP contribution in [-0.2, 0) is 13.0 Å². The molecule has 2 aromatic rings. The number of benzene rings is 1. The monoisotopic (exact) mass is 376 g/mol. The minimum atomic E-state index is -1.05. The third-order valence-electron chi connectivity index (χ3n) is 4.88. The third-order valence-corrected chi connectivity index (χ3v) is 4.88. The van der Waals surface area contributed by atoms with Crippen molar-refractivity contribution < 1.29 is 24.1 Å². The van der Waals surface area contributed by atoms with Gasteiger partial charge in [0.05, 0.1) is 12.2 Å². The Balaban J connectivity index is 2.38. The Labute approximate surface area is 158 Å². The van der Waals surface area contributed by atoms with E-state index >= 15 is 0 Å². The molecule has 27 heavy (non-hydrogen) atoms. The molecule has 0 bridgehead atoms. The van der Waals surface area contributed by atoms with Gasteiger partial charge in [0, 0.05) is 23.6 Å². The molecule has 1 atom stereocenters. The first-order valence-electron chi connectivity index (χ1n) is 9.47. The van der Waals surface area contributed by atoms with Gasteiger partial charge in [-0.25, -0.2) is 0 Å². The van der Waals surface area contributed by atoms with Gasteiger partial charge in [-0.3, -0.25) is 4.79 Å². The van der Waals surface area contributed by atoms with Crippen molar-refractivity contribution >= 4 is 11.0 Å². The van der Waals surface area contributed by atoms with Gasteiger partial charge in [-0.2, -0.15) is 0 Å². The molecule has 3 rings (SSSR count). The summed E-state index contributed by atoms with van der Waals surface area (Å²) in [4.78, 5) is 12.9. The maximum absolute atomic E-state index is 12.9. The number of hydrogen-bond acceptors (Lipinski definition) is 6. The molecule has 1 aromatic carbocycles. The summed E-state index contributed by atoms with van der Waals surface area (Å²) in [6.07, 6.45) is 0.797. The Morgan fingerprint density at radius 2 is 2.07 bits per heavy atom. The smallest absolute Gasteiger partial charge is 0.196 e. The van der Waals surface area contributed by atoms with E-state index in [1.165, 1.54) is 6.07 Å². The highest BCUT2D eigenvalue weighted by atomic mass is 16.5. The van der Waals surface area contributed by atoms with Crippen LogP contribution in [0.3, 0.4) is 0 Å². The SMILES string of the molecule is CCCOc1c2c(c(C(C)C)c3oc(CO)cc(=O)c13)OC(C(C)(C)O)C2. The summed E-state index contributed by atoms with van der Waals surface area (Å²) in [5.41, 5.74) is 0.666. The quantitative estimate of drug-likeness (QED) is 0.804. The summed E-state index contributed by atoms with van der Waals surface area (Å²) in [7, 11) is 0. The van der Waals surface area contributed by atoms with Gasteiger partial charge in [0.15, 0.2) is 5.43 Å². The van der Waals surface area contributed by atoms with Crippen LogP contribution >= 0.6 is 0 Å². The predicted octanol–water partition coefficient (Wildman–Crippen LogP) is 3.27. The highest BCUT2D eigenvalue weighted by Crippen LogP contribution is 2.48. The number of aliphatic hydroxyl groups excluding tert-OH is 1. The van der Waals surface area contributed by atoms with Gasteiger partial charge < -0.3 is 24.1 Å². The van der Waals surface area contributed by atoms with Gasteiger partial charge in [-0.1, -0.05) is 20.8 Å². The van der Waals surface area contributed by atoms with E-state index in [0.29, 0.717) is 35.5 Å². The van der Waals surface area contributed by atoms with Gasteiger partial charge in [-0.15, -0.1) is 0 Å². The second kappa shape index (κ2) is 7.17. The van der Waals surface area contributed by atoms with Gasteiger partial charge in [-0.05, 0) is 26.2 Å². The molecule has 1 unspecified atom stereocenters. The fourth-order valence-corrected chi connectivity index (χ4v) is 3.52. The molecule has 6 nitrogen and oxygen atoms in total. The van der Waals surface area contributed by atoms with E-state index in [4.69, 9.17) is 13.9 Å². The Morgan fingerprint density at radius 3 is 2.63 bits per heavy atom. The number of aliphatic hydroxyl groups is 2. The summed E-state index contributed by atoms with van der Waals surface area (Å²) in [6, 6.07) is 1.31. The first kappa shape index (κ1) is 19.7. The van der Waals surface area contributed by atoms with Gasteiger partial charge in [0.25, 0.3) is 0 Å². The number of ether oxygens (including phenoxy) is 2. The lowest BCUT2D eigenvalue weighted by atomic mass is 9.92. The van der Waals surface area contributed by atoms with Crippen LogP contribution in [0.2, 0.25) is 0 Å². The minimum absolute atomic E-state index is 0.0131. The average Bonchev–Trinajstić information content (AvgIpc) is 3.03. The lowest BCUT2D eigenvalue weighted by Crippen LogP contribution is -2.39. The van der Waals surface area contributed by atoms with Crippen LogP contribution in [-0.4, -0.2) is 28.5 Å². The lowest BCUT2D eigenvalue weighted by molar-refractivity contribution is -0.0233. The first-order valence-corrected chi connectivity index (χ1v) is 9.47. The predicted molar refractivity (Wildman–Crippen MR) is 103 cm³/mol. The molecule has 0 fully saturated rings. The molecular formula is C21H28O6. The van der Waals surface area contributed by atoms with Crippen molar-refractivity contribution in [2.75, 3.05) is 6.61 Å². The Bertz CT molecular complexity index is 904. The van der Waals surface area contributed by atoms with Crippen molar-refractivity contribution in [3.63, 3.8) is 0 Å². The van der Waals surface area contributed by atoms with Gasteiger partial charge in [0.1, 0.15) is 40.9 Å². The molecular weight excluding hydrogens is 348 g/mol. The zero-order chi connectivity index (χ0) is 19.9.